The van der Waals surface area contributed by atoms with E-state index in [9.17, 15) is 13.6 Å². The molecule has 0 spiro atoms. The van der Waals surface area contributed by atoms with E-state index in [0.29, 0.717) is 22.0 Å². The number of carbonyl (C=O) groups is 1. The molecule has 0 bridgehead atoms. The van der Waals surface area contributed by atoms with E-state index in [1.54, 1.807) is 27.0 Å². The Bertz CT molecular complexity index is 699. The predicted octanol–water partition coefficient (Wildman–Crippen LogP) is 3.95. The van der Waals surface area contributed by atoms with Crippen LogP contribution in [0.15, 0.2) is 24.4 Å². The number of hydrogen-bond donors (Lipinski definition) is 1. The molecular weight excluding hydrogens is 328 g/mol. The molecule has 8 heteroatoms. The van der Waals surface area contributed by atoms with Crippen LogP contribution in [0.2, 0.25) is 5.02 Å². The second kappa shape index (κ2) is 6.95. The molecule has 23 heavy (non-hydrogen) atoms. The lowest BCUT2D eigenvalue weighted by Crippen LogP contribution is -2.24. The summed E-state index contributed by atoms with van der Waals surface area (Å²) in [4.78, 5) is 12.3. The number of nitrogens with one attached hydrogen (secondary N) is 1. The molecular formula is C15H16ClF2N3O2. The Balaban J connectivity index is 2.10. The summed E-state index contributed by atoms with van der Waals surface area (Å²) in [5.74, 6) is -0.257. The first-order chi connectivity index (χ1) is 10.8. The zero-order valence-corrected chi connectivity index (χ0v) is 13.6. The Labute approximate surface area is 137 Å². The number of aryl methyl sites for hydroxylation is 2. The van der Waals surface area contributed by atoms with E-state index >= 15 is 0 Å². The van der Waals surface area contributed by atoms with E-state index in [2.05, 4.69) is 15.2 Å². The van der Waals surface area contributed by atoms with Gasteiger partial charge >= 0.3 is 6.61 Å². The fraction of sp³-hybridized carbons (Fsp3) is 0.333. The molecule has 2 aromatic rings. The highest BCUT2D eigenvalue weighted by Crippen LogP contribution is 2.24. The lowest BCUT2D eigenvalue weighted by atomic mass is 10.2. The Morgan fingerprint density at radius 3 is 2.61 bits per heavy atom. The van der Waals surface area contributed by atoms with Crippen LogP contribution in [-0.2, 0) is 4.79 Å². The molecule has 0 saturated carbocycles. The van der Waals surface area contributed by atoms with Crippen LogP contribution in [-0.4, -0.2) is 22.3 Å². The lowest BCUT2D eigenvalue weighted by molar-refractivity contribution is -0.119. The van der Waals surface area contributed by atoms with Crippen LogP contribution in [0.3, 0.4) is 0 Å². The normalized spacial score (nSPS) is 12.3. The SMILES string of the molecule is Cc1cc(OC(F)F)ccc1NC(=O)C(C)n1cc(Cl)c(C)n1. The molecule has 0 radical (unpaired) electrons. The number of anilines is 1. The van der Waals surface area contributed by atoms with Crippen LogP contribution in [0.5, 0.6) is 5.75 Å². The molecule has 0 aliphatic carbocycles. The van der Waals surface area contributed by atoms with Gasteiger partial charge in [-0.1, -0.05) is 11.6 Å². The molecule has 1 heterocycles. The van der Waals surface area contributed by atoms with E-state index in [1.165, 1.54) is 22.9 Å². The smallest absolute Gasteiger partial charge is 0.387 e. The lowest BCUT2D eigenvalue weighted by Gasteiger charge is -2.15. The quantitative estimate of drug-likeness (QED) is 0.894. The third-order valence-electron chi connectivity index (χ3n) is 3.31. The van der Waals surface area contributed by atoms with Crippen molar-refractivity contribution in [3.8, 4) is 5.75 Å². The monoisotopic (exact) mass is 343 g/mol. The fourth-order valence-electron chi connectivity index (χ4n) is 1.97. The van der Waals surface area contributed by atoms with Crippen molar-refractivity contribution in [3.63, 3.8) is 0 Å². The maximum absolute atomic E-state index is 12.3. The van der Waals surface area contributed by atoms with E-state index in [4.69, 9.17) is 11.6 Å². The molecule has 1 amide bonds. The maximum atomic E-state index is 12.3. The van der Waals surface area contributed by atoms with Gasteiger partial charge in [-0.2, -0.15) is 13.9 Å². The highest BCUT2D eigenvalue weighted by Gasteiger charge is 2.18. The largest absolute Gasteiger partial charge is 0.435 e. The summed E-state index contributed by atoms with van der Waals surface area (Å²) in [7, 11) is 0. The minimum atomic E-state index is -2.89. The molecule has 5 nitrogen and oxygen atoms in total. The number of amides is 1. The average Bonchev–Trinajstić information content (AvgIpc) is 2.80. The summed E-state index contributed by atoms with van der Waals surface area (Å²) in [6.45, 7) is 2.23. The van der Waals surface area contributed by atoms with Crippen molar-refractivity contribution < 1.29 is 18.3 Å². The van der Waals surface area contributed by atoms with Crippen molar-refractivity contribution in [1.29, 1.82) is 0 Å². The molecule has 2 rings (SSSR count). The number of nitrogens with zero attached hydrogens (tertiary/aromatic N) is 2. The minimum Gasteiger partial charge on any atom is -0.435 e. The zero-order chi connectivity index (χ0) is 17.1. The van der Waals surface area contributed by atoms with Crippen LogP contribution in [0.25, 0.3) is 0 Å². The molecule has 1 atom stereocenters. The Hall–Kier alpha value is -2.15. The number of benzene rings is 1. The van der Waals surface area contributed by atoms with Crippen LogP contribution in [0.4, 0.5) is 14.5 Å². The molecule has 0 aliphatic rings. The summed E-state index contributed by atoms with van der Waals surface area (Å²) in [6.07, 6.45) is 1.58. The van der Waals surface area contributed by atoms with Crippen molar-refractivity contribution in [3.05, 3.63) is 40.7 Å². The van der Waals surface area contributed by atoms with Gasteiger partial charge < -0.3 is 10.1 Å². The Kier molecular flexibility index (Phi) is 5.20. The number of hydrogen-bond acceptors (Lipinski definition) is 3. The molecule has 0 saturated heterocycles. The topological polar surface area (TPSA) is 56.1 Å². The number of rotatable bonds is 5. The highest BCUT2D eigenvalue weighted by atomic mass is 35.5. The third kappa shape index (κ3) is 4.19. The summed E-state index contributed by atoms with van der Waals surface area (Å²) < 4.78 is 30.1. The third-order valence-corrected chi connectivity index (χ3v) is 3.68. The number of ether oxygens (including phenoxy) is 1. The summed E-state index contributed by atoms with van der Waals surface area (Å²) in [5, 5.41) is 7.38. The average molecular weight is 344 g/mol. The molecule has 0 fully saturated rings. The van der Waals surface area contributed by atoms with Gasteiger partial charge in [0, 0.05) is 11.9 Å². The first kappa shape index (κ1) is 17.2. The second-order valence-electron chi connectivity index (χ2n) is 5.06. The number of halogens is 3. The number of alkyl halides is 2. The van der Waals surface area contributed by atoms with Gasteiger partial charge in [-0.05, 0) is 44.5 Å². The van der Waals surface area contributed by atoms with Crippen molar-refractivity contribution in [2.45, 2.75) is 33.4 Å². The summed E-state index contributed by atoms with van der Waals surface area (Å²) in [5.41, 5.74) is 1.76. The molecule has 1 aromatic carbocycles. The van der Waals surface area contributed by atoms with Crippen LogP contribution < -0.4 is 10.1 Å². The van der Waals surface area contributed by atoms with Gasteiger partial charge in [-0.15, -0.1) is 0 Å². The van der Waals surface area contributed by atoms with E-state index in [1.807, 2.05) is 0 Å². The fourth-order valence-corrected chi connectivity index (χ4v) is 2.11. The standard InChI is InChI=1S/C15H16ClF2N3O2/c1-8-6-11(23-15(17)18)4-5-13(8)19-14(22)10(3)21-7-12(16)9(2)20-21/h4-7,10,15H,1-3H3,(H,19,22). The van der Waals surface area contributed by atoms with Gasteiger partial charge in [0.2, 0.25) is 5.91 Å². The van der Waals surface area contributed by atoms with Crippen molar-refractivity contribution in [2.24, 2.45) is 0 Å². The summed E-state index contributed by atoms with van der Waals surface area (Å²) >= 11 is 5.93. The van der Waals surface area contributed by atoms with Crippen molar-refractivity contribution in [2.75, 3.05) is 5.32 Å². The van der Waals surface area contributed by atoms with Crippen LogP contribution in [0, 0.1) is 13.8 Å². The predicted molar refractivity (Wildman–Crippen MR) is 83.1 cm³/mol. The van der Waals surface area contributed by atoms with Crippen molar-refractivity contribution >= 4 is 23.2 Å². The van der Waals surface area contributed by atoms with Crippen molar-refractivity contribution in [1.82, 2.24) is 9.78 Å². The number of carbonyl (C=O) groups excluding carboxylic acids is 1. The summed E-state index contributed by atoms with van der Waals surface area (Å²) in [6, 6.07) is 3.74. The second-order valence-corrected chi connectivity index (χ2v) is 5.47. The first-order valence-corrected chi connectivity index (χ1v) is 7.23. The highest BCUT2D eigenvalue weighted by molar-refractivity contribution is 6.31. The van der Waals surface area contributed by atoms with E-state index in [-0.39, 0.29) is 11.7 Å². The zero-order valence-electron chi connectivity index (χ0n) is 12.8. The van der Waals surface area contributed by atoms with Gasteiger partial charge in [-0.3, -0.25) is 9.48 Å². The van der Waals surface area contributed by atoms with Crippen LogP contribution in [0.1, 0.15) is 24.2 Å². The first-order valence-electron chi connectivity index (χ1n) is 6.85. The Morgan fingerprint density at radius 1 is 1.39 bits per heavy atom. The van der Waals surface area contributed by atoms with Gasteiger partial charge in [-0.25, -0.2) is 0 Å². The van der Waals surface area contributed by atoms with E-state index in [0.717, 1.165) is 0 Å². The van der Waals surface area contributed by atoms with E-state index < -0.39 is 12.7 Å². The van der Waals surface area contributed by atoms with Gasteiger partial charge in [0.1, 0.15) is 11.8 Å². The maximum Gasteiger partial charge on any atom is 0.387 e. The van der Waals surface area contributed by atoms with Gasteiger partial charge in [0.15, 0.2) is 0 Å². The van der Waals surface area contributed by atoms with Gasteiger partial charge in [0.05, 0.1) is 10.7 Å². The molecule has 124 valence electrons. The molecule has 0 aliphatic heterocycles. The molecule has 1 unspecified atom stereocenters. The van der Waals surface area contributed by atoms with Gasteiger partial charge in [0.25, 0.3) is 0 Å². The van der Waals surface area contributed by atoms with Crippen LogP contribution >= 0.6 is 11.6 Å². The Morgan fingerprint density at radius 2 is 2.09 bits per heavy atom. The molecule has 1 N–H and O–H groups in total. The molecule has 1 aromatic heterocycles. The minimum absolute atomic E-state index is 0.0398. The number of aromatic nitrogens is 2.